The molecular weight excluding hydrogens is 289 g/mol. The highest BCUT2D eigenvalue weighted by atomic mass is 19.4. The summed E-state index contributed by atoms with van der Waals surface area (Å²) in [6, 6.07) is 10.8. The van der Waals surface area contributed by atoms with Crippen LogP contribution in [-0.4, -0.2) is 5.78 Å². The van der Waals surface area contributed by atoms with Crippen LogP contribution in [-0.2, 0) is 11.6 Å². The summed E-state index contributed by atoms with van der Waals surface area (Å²) in [5.41, 5.74) is 2.07. The molecule has 0 heterocycles. The first-order valence-corrected chi connectivity index (χ1v) is 7.04. The Morgan fingerprint density at radius 2 is 1.68 bits per heavy atom. The van der Waals surface area contributed by atoms with Gasteiger partial charge in [-0.2, -0.15) is 13.2 Å². The first-order chi connectivity index (χ1) is 10.2. The molecule has 0 fully saturated rings. The smallest absolute Gasteiger partial charge is 0.294 e. The highest BCUT2D eigenvalue weighted by molar-refractivity contribution is 6.03. The molecule has 2 aromatic carbocycles. The molecular formula is C18H15F3O. The molecule has 0 spiro atoms. The Hall–Kier alpha value is -2.10. The largest absolute Gasteiger partial charge is 0.416 e. The SMILES string of the molecule is Cc1ccc2c(c1)C(=O)CC2(C)c1ccc(C(F)(F)F)cc1. The van der Waals surface area contributed by atoms with Gasteiger partial charge < -0.3 is 0 Å². The van der Waals surface area contributed by atoms with Crippen LogP contribution in [0.25, 0.3) is 0 Å². The van der Waals surface area contributed by atoms with E-state index in [-0.39, 0.29) is 12.2 Å². The van der Waals surface area contributed by atoms with Crippen molar-refractivity contribution in [2.45, 2.75) is 31.9 Å². The van der Waals surface area contributed by atoms with E-state index in [1.54, 1.807) is 0 Å². The summed E-state index contributed by atoms with van der Waals surface area (Å²) in [6.45, 7) is 3.83. The molecule has 0 bridgehead atoms. The molecule has 114 valence electrons. The van der Waals surface area contributed by atoms with Gasteiger partial charge in [0.05, 0.1) is 5.56 Å². The summed E-state index contributed by atoms with van der Waals surface area (Å²) in [6.07, 6.45) is -4.06. The summed E-state index contributed by atoms with van der Waals surface area (Å²) in [5, 5.41) is 0. The van der Waals surface area contributed by atoms with Crippen LogP contribution in [0.3, 0.4) is 0 Å². The molecule has 0 saturated carbocycles. The molecule has 22 heavy (non-hydrogen) atoms. The van der Waals surface area contributed by atoms with Gasteiger partial charge in [0.1, 0.15) is 0 Å². The second kappa shape index (κ2) is 4.70. The lowest BCUT2D eigenvalue weighted by Crippen LogP contribution is -2.21. The summed E-state index contributed by atoms with van der Waals surface area (Å²) in [7, 11) is 0. The fraction of sp³-hybridized carbons (Fsp3) is 0.278. The number of rotatable bonds is 1. The third-order valence-electron chi connectivity index (χ3n) is 4.43. The van der Waals surface area contributed by atoms with Crippen molar-refractivity contribution in [2.75, 3.05) is 0 Å². The number of carbonyl (C=O) groups is 1. The molecule has 4 heteroatoms. The molecule has 1 nitrogen and oxygen atoms in total. The van der Waals surface area contributed by atoms with E-state index in [4.69, 9.17) is 0 Å². The van der Waals surface area contributed by atoms with Crippen molar-refractivity contribution < 1.29 is 18.0 Å². The lowest BCUT2D eigenvalue weighted by molar-refractivity contribution is -0.137. The minimum atomic E-state index is -4.35. The average molecular weight is 304 g/mol. The number of fused-ring (bicyclic) bond motifs is 1. The van der Waals surface area contributed by atoms with Crippen molar-refractivity contribution in [3.8, 4) is 0 Å². The number of halogens is 3. The van der Waals surface area contributed by atoms with Crippen LogP contribution in [0.1, 0.15) is 46.0 Å². The lowest BCUT2D eigenvalue weighted by atomic mass is 9.77. The Kier molecular flexibility index (Phi) is 3.17. The Morgan fingerprint density at radius 3 is 2.27 bits per heavy atom. The van der Waals surface area contributed by atoms with Crippen LogP contribution in [0.15, 0.2) is 42.5 Å². The van der Waals surface area contributed by atoms with Crippen LogP contribution in [0, 0.1) is 6.92 Å². The Morgan fingerprint density at radius 1 is 1.05 bits per heavy atom. The van der Waals surface area contributed by atoms with Gasteiger partial charge in [-0.15, -0.1) is 0 Å². The minimum absolute atomic E-state index is 0.0427. The minimum Gasteiger partial charge on any atom is -0.294 e. The summed E-state index contributed by atoms with van der Waals surface area (Å²) in [4.78, 5) is 12.3. The van der Waals surface area contributed by atoms with E-state index >= 15 is 0 Å². The zero-order chi connectivity index (χ0) is 16.1. The highest BCUT2D eigenvalue weighted by Crippen LogP contribution is 2.44. The van der Waals surface area contributed by atoms with Crippen molar-refractivity contribution in [3.63, 3.8) is 0 Å². The van der Waals surface area contributed by atoms with Gasteiger partial charge in [-0.3, -0.25) is 4.79 Å². The third-order valence-corrected chi connectivity index (χ3v) is 4.43. The fourth-order valence-electron chi connectivity index (χ4n) is 3.17. The molecule has 0 amide bonds. The number of alkyl halides is 3. The van der Waals surface area contributed by atoms with Gasteiger partial charge in [0.25, 0.3) is 0 Å². The first kappa shape index (κ1) is 14.8. The van der Waals surface area contributed by atoms with Crippen molar-refractivity contribution in [3.05, 3.63) is 70.3 Å². The molecule has 1 unspecified atom stereocenters. The van der Waals surface area contributed by atoms with Crippen molar-refractivity contribution in [2.24, 2.45) is 0 Å². The molecule has 1 aliphatic carbocycles. The second-order valence-corrected chi connectivity index (χ2v) is 6.06. The molecule has 0 aromatic heterocycles. The van der Waals surface area contributed by atoms with Gasteiger partial charge >= 0.3 is 6.18 Å². The van der Waals surface area contributed by atoms with E-state index in [0.29, 0.717) is 5.56 Å². The predicted molar refractivity (Wildman–Crippen MR) is 78.0 cm³/mol. The number of Topliss-reactive ketones (excluding diaryl/α,β-unsaturated/α-hetero) is 1. The maximum atomic E-state index is 12.7. The van der Waals surface area contributed by atoms with Crippen LogP contribution in [0.5, 0.6) is 0 Å². The maximum absolute atomic E-state index is 12.7. The first-order valence-electron chi connectivity index (χ1n) is 7.04. The zero-order valence-corrected chi connectivity index (χ0v) is 12.3. The average Bonchev–Trinajstić information content (AvgIpc) is 2.70. The Balaban J connectivity index is 2.08. The second-order valence-electron chi connectivity index (χ2n) is 6.06. The van der Waals surface area contributed by atoms with Crippen molar-refractivity contribution in [1.82, 2.24) is 0 Å². The van der Waals surface area contributed by atoms with Gasteiger partial charge in [-0.25, -0.2) is 0 Å². The van der Waals surface area contributed by atoms with Crippen molar-refractivity contribution >= 4 is 5.78 Å². The van der Waals surface area contributed by atoms with Gasteiger partial charge in [0.2, 0.25) is 0 Å². The van der Waals surface area contributed by atoms with E-state index in [0.717, 1.165) is 28.8 Å². The van der Waals surface area contributed by atoms with Gasteiger partial charge in [-0.1, -0.05) is 36.8 Å². The number of carbonyl (C=O) groups excluding carboxylic acids is 1. The molecule has 0 saturated heterocycles. The standard InChI is InChI=1S/C18H15F3O/c1-11-3-8-15-14(9-11)16(22)10-17(15,2)12-4-6-13(7-5-12)18(19,20)21/h3-9H,10H2,1-2H3. The molecule has 1 atom stereocenters. The van der Waals surface area contributed by atoms with Crippen LogP contribution in [0.4, 0.5) is 13.2 Å². The number of aryl methyl sites for hydroxylation is 1. The Bertz CT molecular complexity index is 744. The van der Waals surface area contributed by atoms with Gasteiger partial charge in [-0.05, 0) is 36.2 Å². The van der Waals surface area contributed by atoms with Gasteiger partial charge in [0.15, 0.2) is 5.78 Å². The fourth-order valence-corrected chi connectivity index (χ4v) is 3.17. The Labute approximate surface area is 126 Å². The lowest BCUT2D eigenvalue weighted by Gasteiger charge is -2.26. The maximum Gasteiger partial charge on any atom is 0.416 e. The van der Waals surface area contributed by atoms with E-state index < -0.39 is 17.2 Å². The zero-order valence-electron chi connectivity index (χ0n) is 12.3. The van der Waals surface area contributed by atoms with Crippen molar-refractivity contribution in [1.29, 1.82) is 0 Å². The molecule has 2 aromatic rings. The molecule has 1 aliphatic rings. The quantitative estimate of drug-likeness (QED) is 0.732. The van der Waals surface area contributed by atoms with E-state index in [2.05, 4.69) is 0 Å². The number of hydrogen-bond donors (Lipinski definition) is 0. The van der Waals surface area contributed by atoms with E-state index in [1.165, 1.54) is 12.1 Å². The molecule has 3 rings (SSSR count). The predicted octanol–water partition coefficient (Wildman–Crippen LogP) is 4.91. The normalized spacial score (nSPS) is 21.0. The highest BCUT2D eigenvalue weighted by Gasteiger charge is 2.41. The summed E-state index contributed by atoms with van der Waals surface area (Å²) >= 11 is 0. The third kappa shape index (κ3) is 2.23. The number of ketones is 1. The topological polar surface area (TPSA) is 17.1 Å². The molecule has 0 aliphatic heterocycles. The summed E-state index contributed by atoms with van der Waals surface area (Å²) in [5.74, 6) is 0.0427. The monoisotopic (exact) mass is 304 g/mol. The number of hydrogen-bond acceptors (Lipinski definition) is 1. The number of benzene rings is 2. The van der Waals surface area contributed by atoms with Crippen LogP contribution in [0.2, 0.25) is 0 Å². The van der Waals surface area contributed by atoms with E-state index in [9.17, 15) is 18.0 Å². The van der Waals surface area contributed by atoms with Crippen LogP contribution >= 0.6 is 0 Å². The summed E-state index contributed by atoms with van der Waals surface area (Å²) < 4.78 is 38.1. The molecule has 0 N–H and O–H groups in total. The molecule has 0 radical (unpaired) electrons. The van der Waals surface area contributed by atoms with Crippen LogP contribution < -0.4 is 0 Å². The van der Waals surface area contributed by atoms with Gasteiger partial charge in [0, 0.05) is 17.4 Å². The van der Waals surface area contributed by atoms with E-state index in [1.807, 2.05) is 32.0 Å².